The zero-order valence-corrected chi connectivity index (χ0v) is 20.6. The lowest BCUT2D eigenvalue weighted by molar-refractivity contribution is -0.123. The topological polar surface area (TPSA) is 79.6 Å². The molecule has 2 aliphatic rings. The molecule has 1 aliphatic heterocycles. The van der Waals surface area contributed by atoms with Crippen LogP contribution >= 0.6 is 23.1 Å². The molecule has 174 valence electrons. The van der Waals surface area contributed by atoms with Gasteiger partial charge in [0, 0.05) is 16.3 Å². The van der Waals surface area contributed by atoms with Crippen molar-refractivity contribution in [3.63, 3.8) is 0 Å². The van der Waals surface area contributed by atoms with Crippen LogP contribution in [0.1, 0.15) is 56.2 Å². The summed E-state index contributed by atoms with van der Waals surface area (Å²) in [5.74, 6) is -1.20. The van der Waals surface area contributed by atoms with Crippen LogP contribution in [-0.2, 0) is 24.2 Å². The highest BCUT2D eigenvalue weighted by molar-refractivity contribution is 8.18. The van der Waals surface area contributed by atoms with E-state index in [1.165, 1.54) is 4.90 Å². The maximum absolute atomic E-state index is 13.0. The van der Waals surface area contributed by atoms with Crippen LogP contribution < -0.4 is 0 Å². The highest BCUT2D eigenvalue weighted by Gasteiger charge is 2.35. The molecule has 1 saturated heterocycles. The van der Waals surface area contributed by atoms with E-state index >= 15 is 0 Å². The van der Waals surface area contributed by atoms with Crippen LogP contribution in [0, 0.1) is 13.8 Å². The van der Waals surface area contributed by atoms with Gasteiger partial charge in [-0.15, -0.1) is 11.3 Å². The number of hydrogen-bond acceptors (Lipinski definition) is 5. The number of thiophene rings is 1. The van der Waals surface area contributed by atoms with E-state index in [2.05, 4.69) is 0 Å². The van der Waals surface area contributed by atoms with Gasteiger partial charge in [-0.05, 0) is 80.1 Å². The lowest BCUT2D eigenvalue weighted by Crippen LogP contribution is -2.27. The minimum Gasteiger partial charge on any atom is -0.478 e. The fourth-order valence-corrected chi connectivity index (χ4v) is 7.04. The average molecular weight is 493 g/mol. The highest BCUT2D eigenvalue weighted by Crippen LogP contribution is 2.40. The summed E-state index contributed by atoms with van der Waals surface area (Å²) in [4.78, 5) is 40.6. The van der Waals surface area contributed by atoms with Gasteiger partial charge in [-0.3, -0.25) is 14.5 Å². The Bertz CT molecular complexity index is 1350. The molecule has 3 aromatic rings. The SMILES string of the molecule is Cc1cc(C=C2SC(=O)N(Cc3ccccc3)C2=O)c(C)n1-c1sc2c(c1C(=O)O)CCCC2. The summed E-state index contributed by atoms with van der Waals surface area (Å²) >= 11 is 2.50. The zero-order valence-electron chi connectivity index (χ0n) is 19.0. The highest BCUT2D eigenvalue weighted by atomic mass is 32.2. The number of fused-ring (bicyclic) bond motifs is 1. The summed E-state index contributed by atoms with van der Waals surface area (Å²) in [6.45, 7) is 4.11. The molecule has 3 heterocycles. The number of aryl methyl sites for hydroxylation is 2. The molecule has 1 aromatic carbocycles. The molecule has 0 radical (unpaired) electrons. The van der Waals surface area contributed by atoms with Gasteiger partial charge in [0.05, 0.1) is 17.0 Å². The number of carboxylic acids is 1. The average Bonchev–Trinajstić information content (AvgIpc) is 3.41. The van der Waals surface area contributed by atoms with Crippen molar-refractivity contribution < 1.29 is 19.5 Å². The van der Waals surface area contributed by atoms with Crippen LogP contribution in [0.15, 0.2) is 41.3 Å². The van der Waals surface area contributed by atoms with E-state index in [9.17, 15) is 19.5 Å². The predicted octanol–water partition coefficient (Wildman–Crippen LogP) is 5.97. The number of imide groups is 1. The second kappa shape index (κ2) is 8.92. The standard InChI is InChI=1S/C26H24N2O4S2/c1-15-12-18(13-21-23(29)27(26(32)34-21)14-17-8-4-3-5-9-17)16(2)28(15)24-22(25(30)31)19-10-6-7-11-20(19)33-24/h3-5,8-9,12-13H,6-7,10-11,14H2,1-2H3,(H,30,31). The van der Waals surface area contributed by atoms with Crippen molar-refractivity contribution in [1.29, 1.82) is 0 Å². The number of rotatable bonds is 5. The summed E-state index contributed by atoms with van der Waals surface area (Å²) in [6, 6.07) is 11.4. The number of aromatic nitrogens is 1. The van der Waals surface area contributed by atoms with Crippen LogP contribution in [0.5, 0.6) is 0 Å². The van der Waals surface area contributed by atoms with E-state index < -0.39 is 5.97 Å². The smallest absolute Gasteiger partial charge is 0.339 e. The van der Waals surface area contributed by atoms with E-state index in [0.717, 1.165) is 75.4 Å². The number of benzene rings is 1. The largest absolute Gasteiger partial charge is 0.478 e. The number of carbonyl (C=O) groups excluding carboxylic acids is 2. The van der Waals surface area contributed by atoms with Crippen LogP contribution in [0.2, 0.25) is 0 Å². The van der Waals surface area contributed by atoms with Crippen molar-refractivity contribution in [2.75, 3.05) is 0 Å². The van der Waals surface area contributed by atoms with E-state index in [-0.39, 0.29) is 17.7 Å². The Balaban J connectivity index is 1.50. The van der Waals surface area contributed by atoms with Crippen LogP contribution in [-0.4, -0.2) is 31.7 Å². The third-order valence-electron chi connectivity index (χ3n) is 6.38. The van der Waals surface area contributed by atoms with E-state index in [4.69, 9.17) is 0 Å². The third-order valence-corrected chi connectivity index (χ3v) is 8.57. The van der Waals surface area contributed by atoms with Gasteiger partial charge in [0.25, 0.3) is 11.1 Å². The maximum atomic E-state index is 13.0. The van der Waals surface area contributed by atoms with E-state index in [1.807, 2.05) is 54.8 Å². The molecule has 1 aliphatic carbocycles. The molecule has 34 heavy (non-hydrogen) atoms. The molecule has 2 amide bonds. The van der Waals surface area contributed by atoms with Gasteiger partial charge < -0.3 is 9.67 Å². The molecule has 1 fully saturated rings. The summed E-state index contributed by atoms with van der Waals surface area (Å²) < 4.78 is 1.98. The van der Waals surface area contributed by atoms with Crippen LogP contribution in [0.25, 0.3) is 11.1 Å². The van der Waals surface area contributed by atoms with Gasteiger partial charge in [0.1, 0.15) is 5.00 Å². The molecule has 5 rings (SSSR count). The Hall–Kier alpha value is -3.10. The summed E-state index contributed by atoms with van der Waals surface area (Å²) in [5, 5.41) is 10.4. The molecule has 0 spiro atoms. The number of carbonyl (C=O) groups is 3. The molecule has 0 atom stereocenters. The molecule has 0 saturated carbocycles. The van der Waals surface area contributed by atoms with Crippen LogP contribution in [0.4, 0.5) is 4.79 Å². The van der Waals surface area contributed by atoms with Gasteiger partial charge in [-0.1, -0.05) is 30.3 Å². The molecular formula is C26H24N2O4S2. The minimum atomic E-state index is -0.898. The van der Waals surface area contributed by atoms with Crippen molar-refractivity contribution in [3.05, 3.63) is 79.8 Å². The first kappa shape index (κ1) is 22.7. The number of thioether (sulfide) groups is 1. The van der Waals surface area contributed by atoms with E-state index in [1.54, 1.807) is 17.4 Å². The van der Waals surface area contributed by atoms with Gasteiger partial charge in [0.15, 0.2) is 0 Å². The van der Waals surface area contributed by atoms with E-state index in [0.29, 0.717) is 10.5 Å². The van der Waals surface area contributed by atoms with Crippen molar-refractivity contribution >= 4 is 46.3 Å². The zero-order chi connectivity index (χ0) is 24.0. The summed E-state index contributed by atoms with van der Waals surface area (Å²) in [7, 11) is 0. The molecule has 0 unspecified atom stereocenters. The lowest BCUT2D eigenvalue weighted by atomic mass is 9.95. The van der Waals surface area contributed by atoms with Crippen molar-refractivity contribution in [3.8, 4) is 5.00 Å². The Kier molecular flexibility index (Phi) is 5.95. The number of amides is 2. The van der Waals surface area contributed by atoms with Gasteiger partial charge in [-0.25, -0.2) is 4.79 Å². The number of carboxylic acid groups (broad SMARTS) is 1. The molecule has 0 bridgehead atoms. The van der Waals surface area contributed by atoms with Crippen molar-refractivity contribution in [2.45, 2.75) is 46.1 Å². The fourth-order valence-electron chi connectivity index (χ4n) is 4.72. The normalized spacial score (nSPS) is 17.0. The van der Waals surface area contributed by atoms with Crippen molar-refractivity contribution in [1.82, 2.24) is 9.47 Å². The molecule has 6 nitrogen and oxygen atoms in total. The van der Waals surface area contributed by atoms with Gasteiger partial charge in [0.2, 0.25) is 0 Å². The quantitative estimate of drug-likeness (QED) is 0.444. The second-order valence-electron chi connectivity index (χ2n) is 8.61. The Morgan fingerprint density at radius 3 is 2.59 bits per heavy atom. The summed E-state index contributed by atoms with van der Waals surface area (Å²) in [5.41, 5.74) is 4.82. The first-order valence-electron chi connectivity index (χ1n) is 11.2. The Morgan fingerprint density at radius 2 is 1.85 bits per heavy atom. The first-order chi connectivity index (χ1) is 16.3. The van der Waals surface area contributed by atoms with Crippen LogP contribution in [0.3, 0.4) is 0 Å². The van der Waals surface area contributed by atoms with Gasteiger partial charge >= 0.3 is 5.97 Å². The fraction of sp³-hybridized carbons (Fsp3) is 0.269. The molecular weight excluding hydrogens is 468 g/mol. The maximum Gasteiger partial charge on any atom is 0.339 e. The molecule has 8 heteroatoms. The number of aromatic carboxylic acids is 1. The first-order valence-corrected chi connectivity index (χ1v) is 12.8. The van der Waals surface area contributed by atoms with Crippen molar-refractivity contribution in [2.24, 2.45) is 0 Å². The second-order valence-corrected chi connectivity index (χ2v) is 10.7. The predicted molar refractivity (Wildman–Crippen MR) is 135 cm³/mol. The number of hydrogen-bond donors (Lipinski definition) is 1. The number of nitrogens with zero attached hydrogens (tertiary/aromatic N) is 2. The van der Waals surface area contributed by atoms with Gasteiger partial charge in [-0.2, -0.15) is 0 Å². The summed E-state index contributed by atoms with van der Waals surface area (Å²) in [6.07, 6.45) is 5.56. The Labute approximate surface area is 205 Å². The molecule has 2 aromatic heterocycles. The Morgan fingerprint density at radius 1 is 1.12 bits per heavy atom. The third kappa shape index (κ3) is 3.91. The minimum absolute atomic E-state index is 0.241. The monoisotopic (exact) mass is 492 g/mol. The lowest BCUT2D eigenvalue weighted by Gasteiger charge is -2.12. The molecule has 1 N–H and O–H groups in total.